The number of aliphatic hydroxyl groups excluding tert-OH is 1. The number of piperazine rings is 1. The van der Waals surface area contributed by atoms with Crippen molar-refractivity contribution in [3.63, 3.8) is 0 Å². The van der Waals surface area contributed by atoms with Gasteiger partial charge in [0, 0.05) is 26.2 Å². The molecule has 1 aromatic rings. The van der Waals surface area contributed by atoms with Crippen LogP contribution in [0.25, 0.3) is 0 Å². The molecule has 1 N–H and O–H groups in total. The van der Waals surface area contributed by atoms with Crippen molar-refractivity contribution in [3.8, 4) is 0 Å². The van der Waals surface area contributed by atoms with Gasteiger partial charge in [-0.05, 0) is 23.6 Å². The molecule has 2 aliphatic rings. The van der Waals surface area contributed by atoms with Gasteiger partial charge < -0.3 is 5.11 Å². The van der Waals surface area contributed by atoms with Crippen LogP contribution in [-0.4, -0.2) is 81.0 Å². The van der Waals surface area contributed by atoms with Crippen LogP contribution in [0.1, 0.15) is 25.3 Å². The van der Waals surface area contributed by atoms with E-state index in [1.807, 2.05) is 17.0 Å². The lowest BCUT2D eigenvalue weighted by Crippen LogP contribution is -2.54. The monoisotopic (exact) mass is 402 g/mol. The molecule has 9 heteroatoms. The fraction of sp³-hybridized carbons (Fsp3) is 0.647. The standard InChI is InChI=1S/C17H26N2O5S2/c1-13(2)14-3-5-15(6-4-14)26(23,24)19-9-7-18(8-10-19)16-11-25(21,22)12-17(16)20/h3-6,13,16-17,20H,7-12H2,1-2H3/t16-,17+/m0/s1. The Bertz CT molecular complexity index is 842. The van der Waals surface area contributed by atoms with Gasteiger partial charge >= 0.3 is 0 Å². The van der Waals surface area contributed by atoms with Crippen molar-refractivity contribution in [2.24, 2.45) is 0 Å². The molecule has 2 aliphatic heterocycles. The molecule has 2 heterocycles. The fourth-order valence-electron chi connectivity index (χ4n) is 3.61. The van der Waals surface area contributed by atoms with Gasteiger partial charge in [0.25, 0.3) is 0 Å². The van der Waals surface area contributed by atoms with E-state index in [9.17, 15) is 21.9 Å². The van der Waals surface area contributed by atoms with E-state index in [0.29, 0.717) is 19.0 Å². The lowest BCUT2D eigenvalue weighted by molar-refractivity contribution is 0.0618. The van der Waals surface area contributed by atoms with Crippen LogP contribution < -0.4 is 0 Å². The average molecular weight is 403 g/mol. The molecular formula is C17H26N2O5S2. The molecule has 146 valence electrons. The van der Waals surface area contributed by atoms with Gasteiger partial charge in [-0.3, -0.25) is 4.90 Å². The molecule has 2 saturated heterocycles. The number of hydrogen-bond donors (Lipinski definition) is 1. The van der Waals surface area contributed by atoms with Gasteiger partial charge in [0.1, 0.15) is 0 Å². The number of nitrogens with zero attached hydrogens (tertiary/aromatic N) is 2. The summed E-state index contributed by atoms with van der Waals surface area (Å²) in [6.07, 6.45) is -0.897. The molecule has 0 saturated carbocycles. The Balaban J connectivity index is 1.67. The van der Waals surface area contributed by atoms with Gasteiger partial charge in [0.05, 0.1) is 28.5 Å². The first kappa shape index (κ1) is 19.8. The highest BCUT2D eigenvalue weighted by atomic mass is 32.2. The zero-order valence-corrected chi connectivity index (χ0v) is 16.7. The molecule has 0 radical (unpaired) electrons. The molecule has 0 amide bonds. The van der Waals surface area contributed by atoms with Crippen LogP contribution in [-0.2, 0) is 19.9 Å². The van der Waals surface area contributed by atoms with Crippen molar-refractivity contribution in [1.82, 2.24) is 9.21 Å². The van der Waals surface area contributed by atoms with Gasteiger partial charge in [-0.25, -0.2) is 16.8 Å². The summed E-state index contributed by atoms with van der Waals surface area (Å²) in [6.45, 7) is 5.52. The summed E-state index contributed by atoms with van der Waals surface area (Å²) in [7, 11) is -6.78. The van der Waals surface area contributed by atoms with Gasteiger partial charge in [-0.1, -0.05) is 26.0 Å². The molecule has 0 aliphatic carbocycles. The number of benzene rings is 1. The van der Waals surface area contributed by atoms with E-state index >= 15 is 0 Å². The zero-order valence-electron chi connectivity index (χ0n) is 15.1. The van der Waals surface area contributed by atoms with Gasteiger partial charge in [-0.15, -0.1) is 0 Å². The highest BCUT2D eigenvalue weighted by molar-refractivity contribution is 7.91. The van der Waals surface area contributed by atoms with Crippen LogP contribution in [0.3, 0.4) is 0 Å². The Labute approximate surface area is 155 Å². The van der Waals surface area contributed by atoms with Crippen LogP contribution in [0, 0.1) is 0 Å². The molecule has 2 fully saturated rings. The molecule has 2 atom stereocenters. The highest BCUT2D eigenvalue weighted by Crippen LogP contribution is 2.24. The average Bonchev–Trinajstić information content (AvgIpc) is 2.87. The SMILES string of the molecule is CC(C)c1ccc(S(=O)(=O)N2CCN([C@H]3CS(=O)(=O)C[C@H]3O)CC2)cc1. The molecule has 0 bridgehead atoms. The number of sulfone groups is 1. The minimum absolute atomic E-state index is 0.0580. The van der Waals surface area contributed by atoms with E-state index in [-0.39, 0.29) is 29.5 Å². The molecule has 7 nitrogen and oxygen atoms in total. The lowest BCUT2D eigenvalue weighted by atomic mass is 10.0. The van der Waals surface area contributed by atoms with E-state index in [4.69, 9.17) is 0 Å². The molecule has 0 spiro atoms. The number of aliphatic hydroxyl groups is 1. The topological polar surface area (TPSA) is 95.0 Å². The van der Waals surface area contributed by atoms with E-state index in [1.165, 1.54) is 4.31 Å². The number of hydrogen-bond acceptors (Lipinski definition) is 6. The van der Waals surface area contributed by atoms with E-state index in [2.05, 4.69) is 13.8 Å². The van der Waals surface area contributed by atoms with Crippen molar-refractivity contribution in [2.75, 3.05) is 37.7 Å². The van der Waals surface area contributed by atoms with E-state index in [0.717, 1.165) is 5.56 Å². The smallest absolute Gasteiger partial charge is 0.243 e. The third-order valence-corrected chi connectivity index (χ3v) is 8.83. The first-order chi connectivity index (χ1) is 12.1. The first-order valence-corrected chi connectivity index (χ1v) is 12.1. The normalized spacial score (nSPS) is 27.8. The Hall–Kier alpha value is -1.00. The summed E-state index contributed by atoms with van der Waals surface area (Å²) in [5.74, 6) is 0.0695. The lowest BCUT2D eigenvalue weighted by Gasteiger charge is -2.37. The quantitative estimate of drug-likeness (QED) is 0.777. The molecular weight excluding hydrogens is 376 g/mol. The predicted octanol–water partition coefficient (Wildman–Crippen LogP) is 0.274. The largest absolute Gasteiger partial charge is 0.390 e. The molecule has 3 rings (SSSR count). The Morgan fingerprint density at radius 1 is 1.04 bits per heavy atom. The summed E-state index contributed by atoms with van der Waals surface area (Å²) in [5.41, 5.74) is 1.09. The van der Waals surface area contributed by atoms with Crippen molar-refractivity contribution in [2.45, 2.75) is 36.8 Å². The second-order valence-corrected chi connectivity index (χ2v) is 11.5. The maximum absolute atomic E-state index is 12.8. The Morgan fingerprint density at radius 2 is 1.62 bits per heavy atom. The minimum Gasteiger partial charge on any atom is -0.390 e. The number of sulfonamides is 1. The van der Waals surface area contributed by atoms with Crippen molar-refractivity contribution < 1.29 is 21.9 Å². The van der Waals surface area contributed by atoms with E-state index in [1.54, 1.807) is 12.1 Å². The Morgan fingerprint density at radius 3 is 2.08 bits per heavy atom. The van der Waals surface area contributed by atoms with Crippen LogP contribution in [0.15, 0.2) is 29.2 Å². The summed E-state index contributed by atoms with van der Waals surface area (Å²) in [6, 6.07) is 6.53. The highest BCUT2D eigenvalue weighted by Gasteiger charge is 2.41. The summed E-state index contributed by atoms with van der Waals surface area (Å²) in [4.78, 5) is 2.17. The second kappa shape index (κ2) is 7.20. The van der Waals surface area contributed by atoms with Crippen LogP contribution >= 0.6 is 0 Å². The van der Waals surface area contributed by atoms with Crippen LogP contribution in [0.5, 0.6) is 0 Å². The second-order valence-electron chi connectivity index (χ2n) is 7.38. The zero-order chi connectivity index (χ0) is 19.1. The Kier molecular flexibility index (Phi) is 5.47. The third-order valence-electron chi connectivity index (χ3n) is 5.22. The third kappa shape index (κ3) is 3.96. The molecule has 26 heavy (non-hydrogen) atoms. The predicted molar refractivity (Wildman–Crippen MR) is 99.3 cm³/mol. The molecule has 1 aromatic carbocycles. The maximum atomic E-state index is 12.8. The summed E-state index contributed by atoms with van der Waals surface area (Å²) in [5, 5.41) is 10.00. The van der Waals surface area contributed by atoms with Crippen LogP contribution in [0.2, 0.25) is 0 Å². The van der Waals surface area contributed by atoms with E-state index < -0.39 is 32.0 Å². The minimum atomic E-state index is -3.56. The first-order valence-electron chi connectivity index (χ1n) is 8.83. The van der Waals surface area contributed by atoms with Crippen molar-refractivity contribution in [1.29, 1.82) is 0 Å². The molecule has 0 unspecified atom stereocenters. The van der Waals surface area contributed by atoms with Crippen molar-refractivity contribution >= 4 is 19.9 Å². The fourth-order valence-corrected chi connectivity index (χ4v) is 6.86. The van der Waals surface area contributed by atoms with Crippen LogP contribution in [0.4, 0.5) is 0 Å². The van der Waals surface area contributed by atoms with Crippen molar-refractivity contribution in [3.05, 3.63) is 29.8 Å². The summed E-state index contributed by atoms with van der Waals surface area (Å²) < 4.78 is 50.5. The maximum Gasteiger partial charge on any atom is 0.243 e. The van der Waals surface area contributed by atoms with Gasteiger partial charge in [0.15, 0.2) is 9.84 Å². The molecule has 0 aromatic heterocycles. The number of rotatable bonds is 4. The van der Waals surface area contributed by atoms with Gasteiger partial charge in [0.2, 0.25) is 10.0 Å². The summed E-state index contributed by atoms with van der Waals surface area (Å²) >= 11 is 0. The van der Waals surface area contributed by atoms with Gasteiger partial charge in [-0.2, -0.15) is 4.31 Å².